The molecule has 0 aliphatic heterocycles. The molecule has 0 N–H and O–H groups in total. The van der Waals surface area contributed by atoms with E-state index in [1.807, 2.05) is 48.5 Å². The zero-order valence-electron chi connectivity index (χ0n) is 39.7. The van der Waals surface area contributed by atoms with E-state index in [-0.39, 0.29) is 38.1 Å². The SMILES string of the molecule is [2H]c1c([2H])c([2H])c2c(-c3c4c([2H])c([2H])c([2H])c([2H])c4c(-c4ccc5ccc6cccc7ccc4c5c67)c4c([2H])c([2H])c5c([2H])c([2H])c([2H])c([2H])c5c34)c([2H])c([2H])c([2H])c2c1[2H]. The molecule has 0 saturated carbocycles. The van der Waals surface area contributed by atoms with Crippen LogP contribution in [0.15, 0.2) is 157 Å². The van der Waals surface area contributed by atoms with E-state index in [1.165, 1.54) is 0 Å². The van der Waals surface area contributed by atoms with Crippen LogP contribution in [0.25, 0.3) is 97.7 Å². The lowest BCUT2D eigenvalue weighted by Crippen LogP contribution is -1.94. The number of hydrogen-bond donors (Lipinski definition) is 0. The monoisotopic (exact) mass is 571 g/mol. The van der Waals surface area contributed by atoms with Gasteiger partial charge in [-0.2, -0.15) is 0 Å². The molecule has 0 nitrogen and oxygen atoms in total. The molecule has 202 valence electrons. The minimum Gasteiger partial charge on any atom is -0.0616 e. The summed E-state index contributed by atoms with van der Waals surface area (Å²) in [6.45, 7) is 0. The first-order valence-corrected chi connectivity index (χ1v) is 14.0. The van der Waals surface area contributed by atoms with Crippen molar-refractivity contribution < 1.29 is 23.3 Å². The van der Waals surface area contributed by atoms with Crippen molar-refractivity contribution in [2.45, 2.75) is 0 Å². The summed E-state index contributed by atoms with van der Waals surface area (Å²) >= 11 is 0. The van der Waals surface area contributed by atoms with Crippen LogP contribution in [0, 0.1) is 0 Å². The molecule has 10 aromatic carbocycles. The Balaban J connectivity index is 1.63. The Morgan fingerprint density at radius 1 is 0.295 bits per heavy atom. The van der Waals surface area contributed by atoms with E-state index in [9.17, 15) is 8.22 Å². The smallest absolute Gasteiger partial charge is 0.0616 e. The van der Waals surface area contributed by atoms with Gasteiger partial charge >= 0.3 is 0 Å². The van der Waals surface area contributed by atoms with E-state index in [1.54, 1.807) is 6.07 Å². The second-order valence-corrected chi connectivity index (χ2v) is 10.7. The Kier molecular flexibility index (Phi) is 2.60. The van der Waals surface area contributed by atoms with Crippen LogP contribution >= 0.6 is 0 Å². The molecule has 0 fully saturated rings. The average Bonchev–Trinajstić information content (AvgIpc) is 3.26. The maximum Gasteiger partial charge on any atom is 0.0630 e. The highest BCUT2D eigenvalue weighted by molar-refractivity contribution is 6.32. The van der Waals surface area contributed by atoms with Gasteiger partial charge in [0.1, 0.15) is 0 Å². The Morgan fingerprint density at radius 3 is 1.68 bits per heavy atom. The Hall–Kier alpha value is -5.72. The summed E-state index contributed by atoms with van der Waals surface area (Å²) in [5.74, 6) is 0. The molecule has 0 saturated heterocycles. The molecule has 10 rings (SSSR count). The Bertz CT molecular complexity index is 3700. The molecular formula is C44H26. The molecule has 0 atom stereocenters. The molecule has 0 heteroatoms. The summed E-state index contributed by atoms with van der Waals surface area (Å²) in [4.78, 5) is 0. The molecule has 0 radical (unpaired) electrons. The van der Waals surface area contributed by atoms with Crippen molar-refractivity contribution in [2.24, 2.45) is 0 Å². The quantitative estimate of drug-likeness (QED) is 0.143. The van der Waals surface area contributed by atoms with Crippen molar-refractivity contribution in [3.05, 3.63) is 157 Å². The molecule has 0 aliphatic rings. The second kappa shape index (κ2) is 8.89. The van der Waals surface area contributed by atoms with Crippen LogP contribution in [-0.2, 0) is 0 Å². The largest absolute Gasteiger partial charge is 0.0630 e. The number of fused-ring (bicyclic) bond motifs is 5. The van der Waals surface area contributed by atoms with Crippen molar-refractivity contribution in [3.63, 3.8) is 0 Å². The van der Waals surface area contributed by atoms with Gasteiger partial charge < -0.3 is 0 Å². The molecule has 10 aromatic rings. The first kappa shape index (κ1) is 12.9. The highest BCUT2D eigenvalue weighted by Crippen LogP contribution is 2.49. The molecule has 0 heterocycles. The van der Waals surface area contributed by atoms with Crippen LogP contribution in [-0.4, -0.2) is 0 Å². The lowest BCUT2D eigenvalue weighted by atomic mass is 9.81. The number of rotatable bonds is 2. The van der Waals surface area contributed by atoms with Gasteiger partial charge in [0.05, 0.1) is 23.3 Å². The first-order valence-electron chi connectivity index (χ1n) is 22.5. The second-order valence-electron chi connectivity index (χ2n) is 10.7. The van der Waals surface area contributed by atoms with Crippen LogP contribution in [0.3, 0.4) is 0 Å². The lowest BCUT2D eigenvalue weighted by molar-refractivity contribution is 1.70. The van der Waals surface area contributed by atoms with Gasteiger partial charge in [0, 0.05) is 0 Å². The topological polar surface area (TPSA) is 0 Å². The molecule has 0 amide bonds. The highest BCUT2D eigenvalue weighted by Gasteiger charge is 2.21. The van der Waals surface area contributed by atoms with Gasteiger partial charge in [-0.15, -0.1) is 0 Å². The van der Waals surface area contributed by atoms with Crippen molar-refractivity contribution in [3.8, 4) is 22.3 Å². The predicted octanol–water partition coefficient (Wildman–Crippen LogP) is 12.5. The lowest BCUT2D eigenvalue weighted by Gasteiger charge is -2.21. The van der Waals surface area contributed by atoms with E-state index in [0.717, 1.165) is 26.9 Å². The molecule has 0 aliphatic carbocycles. The fourth-order valence-corrected chi connectivity index (χ4v) is 6.75. The molecule has 44 heavy (non-hydrogen) atoms. The van der Waals surface area contributed by atoms with Gasteiger partial charge in [-0.05, 0) is 97.7 Å². The van der Waals surface area contributed by atoms with Crippen LogP contribution in [0.5, 0.6) is 0 Å². The van der Waals surface area contributed by atoms with Gasteiger partial charge in [-0.3, -0.25) is 0 Å². The minimum absolute atomic E-state index is 0.0208. The molecule has 0 spiro atoms. The number of benzene rings is 10. The molecular weight excluding hydrogens is 528 g/mol. The standard InChI is InChI=1S/C44H26/c1-3-14-32-27(9-1)11-8-18-34(32)44-36-17-6-5-16-35(36)42(39-26-21-28-10-2-4-15-33(28)43(39)44)38-25-23-31-20-19-29-12-7-13-30-22-24-37(38)41(31)40(29)30/h1-26H/i1D,2D,3D,4D,5D,6D,8D,9D,10D,11D,14D,15D,16D,17D,18D,21D,26D. The van der Waals surface area contributed by atoms with Gasteiger partial charge in [-0.1, -0.05) is 157 Å². The third-order valence-electron chi connectivity index (χ3n) is 8.55. The van der Waals surface area contributed by atoms with Crippen molar-refractivity contribution in [1.29, 1.82) is 0 Å². The maximum absolute atomic E-state index is 9.79. The van der Waals surface area contributed by atoms with Crippen LogP contribution < -0.4 is 0 Å². The predicted molar refractivity (Wildman–Crippen MR) is 191 cm³/mol. The fraction of sp³-hybridized carbons (Fsp3) is 0. The average molecular weight is 572 g/mol. The van der Waals surface area contributed by atoms with Gasteiger partial charge in [0.25, 0.3) is 0 Å². The van der Waals surface area contributed by atoms with Gasteiger partial charge in [0.2, 0.25) is 0 Å². The van der Waals surface area contributed by atoms with Crippen molar-refractivity contribution in [2.75, 3.05) is 0 Å². The normalized spacial score (nSPS) is 17.5. The Labute approximate surface area is 278 Å². The summed E-state index contributed by atoms with van der Waals surface area (Å²) in [7, 11) is 0. The summed E-state index contributed by atoms with van der Waals surface area (Å²) in [6.07, 6.45) is 0. The van der Waals surface area contributed by atoms with Gasteiger partial charge in [0.15, 0.2) is 0 Å². The van der Waals surface area contributed by atoms with Crippen molar-refractivity contribution in [1.82, 2.24) is 0 Å². The summed E-state index contributed by atoms with van der Waals surface area (Å²) in [5, 5.41) is 2.30. The van der Waals surface area contributed by atoms with E-state index in [2.05, 4.69) is 0 Å². The van der Waals surface area contributed by atoms with Crippen LogP contribution in [0.2, 0.25) is 0 Å². The summed E-state index contributed by atoms with van der Waals surface area (Å²) < 4.78 is 154. The van der Waals surface area contributed by atoms with Crippen LogP contribution in [0.4, 0.5) is 0 Å². The molecule has 0 unspecified atom stereocenters. The fourth-order valence-electron chi connectivity index (χ4n) is 6.75. The zero-order valence-corrected chi connectivity index (χ0v) is 22.7. The number of hydrogen-bond acceptors (Lipinski definition) is 0. The molecule has 0 bridgehead atoms. The highest BCUT2D eigenvalue weighted by atomic mass is 14.2. The third kappa shape index (κ3) is 3.17. The summed E-state index contributed by atoms with van der Waals surface area (Å²) in [5.41, 5.74) is -0.482. The van der Waals surface area contributed by atoms with E-state index < -0.39 is 124 Å². The van der Waals surface area contributed by atoms with Crippen molar-refractivity contribution >= 4 is 75.4 Å². The van der Waals surface area contributed by atoms with E-state index >= 15 is 0 Å². The Morgan fingerprint density at radius 2 is 0.886 bits per heavy atom. The zero-order chi connectivity index (χ0) is 43.6. The minimum atomic E-state index is -0.792. The van der Waals surface area contributed by atoms with E-state index in [0.29, 0.717) is 10.9 Å². The maximum atomic E-state index is 9.79. The molecule has 0 aromatic heterocycles. The third-order valence-corrected chi connectivity index (χ3v) is 8.55. The first-order chi connectivity index (χ1) is 28.9. The van der Waals surface area contributed by atoms with Gasteiger partial charge in [-0.25, -0.2) is 0 Å². The van der Waals surface area contributed by atoms with Crippen LogP contribution in [0.1, 0.15) is 23.3 Å². The van der Waals surface area contributed by atoms with E-state index in [4.69, 9.17) is 15.1 Å². The summed E-state index contributed by atoms with van der Waals surface area (Å²) in [6, 6.07) is 5.11.